The predicted molar refractivity (Wildman–Crippen MR) is 82.2 cm³/mol. The zero-order chi connectivity index (χ0) is 14.5. The molecule has 0 atom stereocenters. The van der Waals surface area contributed by atoms with Crippen molar-refractivity contribution in [1.29, 1.82) is 0 Å². The molecule has 0 saturated heterocycles. The molecule has 0 spiro atoms. The lowest BCUT2D eigenvalue weighted by Crippen LogP contribution is -2.23. The van der Waals surface area contributed by atoms with E-state index in [9.17, 15) is 4.39 Å². The average molecular weight is 287 g/mol. The van der Waals surface area contributed by atoms with Gasteiger partial charge in [0.25, 0.3) is 0 Å². The van der Waals surface area contributed by atoms with Crippen LogP contribution in [0.15, 0.2) is 12.1 Å². The minimum atomic E-state index is -0.480. The normalized spacial score (nSPS) is 11.6. The topological polar surface area (TPSA) is 38.0 Å². The molecule has 0 aliphatic heterocycles. The Balaban J connectivity index is 2.58. The standard InChI is InChI=1S/C15H24ClFN2/c1-4-5-6-7-15(2,3)10-19-14-8-11(16)12(17)9-13(14)18/h8-9,19H,4-7,10,18H2,1-3H3. The summed E-state index contributed by atoms with van der Waals surface area (Å²) in [5, 5.41) is 3.37. The fraction of sp³-hybridized carbons (Fsp3) is 0.600. The highest BCUT2D eigenvalue weighted by Crippen LogP contribution is 2.29. The molecule has 0 heterocycles. The van der Waals surface area contributed by atoms with E-state index in [4.69, 9.17) is 17.3 Å². The van der Waals surface area contributed by atoms with Crippen LogP contribution < -0.4 is 11.1 Å². The molecule has 0 radical (unpaired) electrons. The third-order valence-corrected chi connectivity index (χ3v) is 3.60. The van der Waals surface area contributed by atoms with Crippen LogP contribution >= 0.6 is 11.6 Å². The number of benzene rings is 1. The summed E-state index contributed by atoms with van der Waals surface area (Å²) in [5.74, 6) is -0.480. The van der Waals surface area contributed by atoms with Gasteiger partial charge in [0.1, 0.15) is 5.82 Å². The third-order valence-electron chi connectivity index (χ3n) is 3.31. The molecule has 2 nitrogen and oxygen atoms in total. The quantitative estimate of drug-likeness (QED) is 0.542. The van der Waals surface area contributed by atoms with Gasteiger partial charge in [-0.05, 0) is 17.9 Å². The molecule has 0 aliphatic carbocycles. The Morgan fingerprint density at radius 2 is 2.00 bits per heavy atom. The molecule has 1 aromatic rings. The SMILES string of the molecule is CCCCCC(C)(C)CNc1cc(Cl)c(F)cc1N. The second kappa shape index (κ2) is 6.99. The molecule has 108 valence electrons. The summed E-state index contributed by atoms with van der Waals surface area (Å²) in [5.41, 5.74) is 7.06. The Labute approximate surface area is 120 Å². The van der Waals surface area contributed by atoms with E-state index >= 15 is 0 Å². The summed E-state index contributed by atoms with van der Waals surface area (Å²) < 4.78 is 13.2. The van der Waals surface area contributed by atoms with Crippen molar-refractivity contribution in [3.63, 3.8) is 0 Å². The summed E-state index contributed by atoms with van der Waals surface area (Å²) in [7, 11) is 0. The molecule has 3 N–H and O–H groups in total. The van der Waals surface area contributed by atoms with Gasteiger partial charge < -0.3 is 11.1 Å². The largest absolute Gasteiger partial charge is 0.397 e. The minimum Gasteiger partial charge on any atom is -0.397 e. The van der Waals surface area contributed by atoms with E-state index in [0.29, 0.717) is 11.4 Å². The van der Waals surface area contributed by atoms with Gasteiger partial charge in [-0.2, -0.15) is 0 Å². The van der Waals surface area contributed by atoms with Crippen LogP contribution in [0.1, 0.15) is 46.5 Å². The monoisotopic (exact) mass is 286 g/mol. The molecule has 1 rings (SSSR count). The summed E-state index contributed by atoms with van der Waals surface area (Å²) >= 11 is 5.77. The molecular formula is C15H24ClFN2. The Morgan fingerprint density at radius 1 is 1.32 bits per heavy atom. The number of unbranched alkanes of at least 4 members (excludes halogenated alkanes) is 2. The Hall–Kier alpha value is -0.960. The van der Waals surface area contributed by atoms with Crippen LogP contribution in [-0.4, -0.2) is 6.54 Å². The van der Waals surface area contributed by atoms with Crippen molar-refractivity contribution in [1.82, 2.24) is 0 Å². The van der Waals surface area contributed by atoms with Crippen LogP contribution in [0.2, 0.25) is 5.02 Å². The number of nitrogens with two attached hydrogens (primary N) is 1. The van der Waals surface area contributed by atoms with E-state index in [1.807, 2.05) is 0 Å². The molecule has 4 heteroatoms. The number of anilines is 2. The minimum absolute atomic E-state index is 0.0977. The van der Waals surface area contributed by atoms with Gasteiger partial charge in [0.15, 0.2) is 0 Å². The Bertz CT molecular complexity index is 419. The van der Waals surface area contributed by atoms with Crippen LogP contribution in [0, 0.1) is 11.2 Å². The maximum absolute atomic E-state index is 13.2. The maximum Gasteiger partial charge on any atom is 0.143 e. The second-order valence-electron chi connectivity index (χ2n) is 5.83. The molecule has 0 bridgehead atoms. The molecule has 0 saturated carbocycles. The van der Waals surface area contributed by atoms with Gasteiger partial charge in [-0.1, -0.05) is 51.6 Å². The number of nitrogens with one attached hydrogen (secondary N) is 1. The number of nitrogen functional groups attached to an aromatic ring is 1. The summed E-state index contributed by atoms with van der Waals surface area (Å²) in [6, 6.07) is 2.81. The van der Waals surface area contributed by atoms with E-state index < -0.39 is 5.82 Å². The molecule has 0 amide bonds. The highest BCUT2D eigenvalue weighted by atomic mass is 35.5. The zero-order valence-corrected chi connectivity index (χ0v) is 12.8. The van der Waals surface area contributed by atoms with Gasteiger partial charge in [-0.25, -0.2) is 4.39 Å². The van der Waals surface area contributed by atoms with Crippen molar-refractivity contribution in [3.8, 4) is 0 Å². The first-order valence-corrected chi connectivity index (χ1v) is 7.22. The van der Waals surface area contributed by atoms with Crippen LogP contribution in [0.3, 0.4) is 0 Å². The fourth-order valence-electron chi connectivity index (χ4n) is 1.99. The van der Waals surface area contributed by atoms with Crippen molar-refractivity contribution in [2.45, 2.75) is 46.5 Å². The lowest BCUT2D eigenvalue weighted by atomic mass is 9.87. The molecular weight excluding hydrogens is 263 g/mol. The van der Waals surface area contributed by atoms with E-state index in [1.165, 1.54) is 25.3 Å². The van der Waals surface area contributed by atoms with E-state index in [2.05, 4.69) is 26.1 Å². The van der Waals surface area contributed by atoms with Gasteiger partial charge in [0.2, 0.25) is 0 Å². The van der Waals surface area contributed by atoms with Crippen LogP contribution in [0.25, 0.3) is 0 Å². The zero-order valence-electron chi connectivity index (χ0n) is 12.0. The second-order valence-corrected chi connectivity index (χ2v) is 6.24. The number of hydrogen-bond donors (Lipinski definition) is 2. The number of rotatable bonds is 7. The highest BCUT2D eigenvalue weighted by Gasteiger charge is 2.17. The van der Waals surface area contributed by atoms with Crippen molar-refractivity contribution >= 4 is 23.0 Å². The number of halogens is 2. The maximum atomic E-state index is 13.2. The molecule has 0 aromatic heterocycles. The van der Waals surface area contributed by atoms with Crippen molar-refractivity contribution in [2.75, 3.05) is 17.6 Å². The smallest absolute Gasteiger partial charge is 0.143 e. The van der Waals surface area contributed by atoms with Crippen LogP contribution in [0.4, 0.5) is 15.8 Å². The molecule has 19 heavy (non-hydrogen) atoms. The molecule has 0 aliphatic rings. The lowest BCUT2D eigenvalue weighted by molar-refractivity contribution is 0.342. The van der Waals surface area contributed by atoms with Crippen molar-refractivity contribution in [2.24, 2.45) is 5.41 Å². The third kappa shape index (κ3) is 5.27. The van der Waals surface area contributed by atoms with Crippen LogP contribution in [-0.2, 0) is 0 Å². The summed E-state index contributed by atoms with van der Waals surface area (Å²) in [6.07, 6.45) is 4.87. The highest BCUT2D eigenvalue weighted by molar-refractivity contribution is 6.31. The van der Waals surface area contributed by atoms with Crippen molar-refractivity contribution in [3.05, 3.63) is 23.0 Å². The molecule has 0 unspecified atom stereocenters. The molecule has 0 fully saturated rings. The van der Waals surface area contributed by atoms with Gasteiger partial charge in [-0.3, -0.25) is 0 Å². The average Bonchev–Trinajstić information content (AvgIpc) is 2.32. The first kappa shape index (κ1) is 16.1. The summed E-state index contributed by atoms with van der Waals surface area (Å²) in [4.78, 5) is 0. The van der Waals surface area contributed by atoms with Crippen LogP contribution in [0.5, 0.6) is 0 Å². The first-order chi connectivity index (χ1) is 8.85. The predicted octanol–water partition coefficient (Wildman–Crippen LogP) is 5.08. The number of hydrogen-bond acceptors (Lipinski definition) is 2. The molecule has 1 aromatic carbocycles. The van der Waals surface area contributed by atoms with Gasteiger partial charge in [0, 0.05) is 12.6 Å². The first-order valence-electron chi connectivity index (χ1n) is 6.84. The Kier molecular flexibility index (Phi) is 5.92. The van der Waals surface area contributed by atoms with E-state index in [-0.39, 0.29) is 10.4 Å². The van der Waals surface area contributed by atoms with Gasteiger partial charge in [0.05, 0.1) is 16.4 Å². The van der Waals surface area contributed by atoms with E-state index in [0.717, 1.165) is 13.0 Å². The van der Waals surface area contributed by atoms with Gasteiger partial charge >= 0.3 is 0 Å². The Morgan fingerprint density at radius 3 is 2.63 bits per heavy atom. The fourth-order valence-corrected chi connectivity index (χ4v) is 2.16. The lowest BCUT2D eigenvalue weighted by Gasteiger charge is -2.26. The van der Waals surface area contributed by atoms with Gasteiger partial charge in [-0.15, -0.1) is 0 Å². The van der Waals surface area contributed by atoms with E-state index in [1.54, 1.807) is 6.07 Å². The summed E-state index contributed by atoms with van der Waals surface area (Å²) in [6.45, 7) is 7.43. The van der Waals surface area contributed by atoms with Crippen molar-refractivity contribution < 1.29 is 4.39 Å².